The molecule has 0 bridgehead atoms. The van der Waals surface area contributed by atoms with E-state index in [-0.39, 0.29) is 6.61 Å². The van der Waals surface area contributed by atoms with Gasteiger partial charge in [0.25, 0.3) is 0 Å². The van der Waals surface area contributed by atoms with Crippen LogP contribution in [0.15, 0.2) is 46.2 Å². The van der Waals surface area contributed by atoms with Gasteiger partial charge in [0.15, 0.2) is 0 Å². The topological polar surface area (TPSA) is 55.8 Å². The van der Waals surface area contributed by atoms with Crippen LogP contribution in [-0.4, -0.2) is 23.5 Å². The summed E-state index contributed by atoms with van der Waals surface area (Å²) in [5.41, 5.74) is 1.58. The highest BCUT2D eigenvalue weighted by Gasteiger charge is 2.21. The first-order valence-corrected chi connectivity index (χ1v) is 7.60. The average molecular weight is 306 g/mol. The number of aryl methyl sites for hydroxylation is 1. The van der Waals surface area contributed by atoms with Gasteiger partial charge in [-0.05, 0) is 31.2 Å². The maximum absolute atomic E-state index is 12.8. The van der Waals surface area contributed by atoms with Crippen molar-refractivity contribution in [2.75, 3.05) is 14.2 Å². The Kier molecular flexibility index (Phi) is 4.98. The first-order chi connectivity index (χ1) is 10.1. The zero-order valence-electron chi connectivity index (χ0n) is 12.3. The van der Waals surface area contributed by atoms with Gasteiger partial charge < -0.3 is 14.6 Å². The van der Waals surface area contributed by atoms with Crippen molar-refractivity contribution >= 4 is 10.8 Å². The van der Waals surface area contributed by atoms with Gasteiger partial charge >= 0.3 is 0 Å². The Bertz CT molecular complexity index is 650. The molecular formula is C16H18O4S. The first kappa shape index (κ1) is 15.5. The summed E-state index contributed by atoms with van der Waals surface area (Å²) >= 11 is 0. The highest BCUT2D eigenvalue weighted by molar-refractivity contribution is 7.85. The van der Waals surface area contributed by atoms with Gasteiger partial charge in [-0.3, -0.25) is 0 Å². The summed E-state index contributed by atoms with van der Waals surface area (Å²) < 4.78 is 23.4. The molecule has 0 saturated heterocycles. The number of hydrogen-bond acceptors (Lipinski definition) is 4. The van der Waals surface area contributed by atoms with Crippen LogP contribution in [0.1, 0.15) is 11.1 Å². The molecule has 5 heteroatoms. The van der Waals surface area contributed by atoms with Gasteiger partial charge in [-0.25, -0.2) is 4.21 Å². The predicted molar refractivity (Wildman–Crippen MR) is 81.3 cm³/mol. The van der Waals surface area contributed by atoms with E-state index in [1.54, 1.807) is 12.1 Å². The minimum absolute atomic E-state index is 0.271. The highest BCUT2D eigenvalue weighted by atomic mass is 32.2. The molecule has 2 aromatic rings. The van der Waals surface area contributed by atoms with E-state index < -0.39 is 10.8 Å². The fraction of sp³-hybridized carbons (Fsp3) is 0.250. The van der Waals surface area contributed by atoms with Crippen molar-refractivity contribution in [1.82, 2.24) is 0 Å². The smallest absolute Gasteiger partial charge is 0.136 e. The Hall–Kier alpha value is -1.85. The van der Waals surface area contributed by atoms with E-state index in [0.29, 0.717) is 26.9 Å². The van der Waals surface area contributed by atoms with Gasteiger partial charge in [-0.1, -0.05) is 17.7 Å². The Morgan fingerprint density at radius 3 is 2.10 bits per heavy atom. The molecule has 112 valence electrons. The first-order valence-electron chi connectivity index (χ1n) is 6.45. The third-order valence-corrected chi connectivity index (χ3v) is 4.72. The van der Waals surface area contributed by atoms with Crippen molar-refractivity contribution in [2.24, 2.45) is 0 Å². The van der Waals surface area contributed by atoms with Crippen LogP contribution in [0, 0.1) is 6.92 Å². The monoisotopic (exact) mass is 306 g/mol. The molecule has 0 radical (unpaired) electrons. The lowest BCUT2D eigenvalue weighted by Crippen LogP contribution is -2.04. The second-order valence-corrected chi connectivity index (χ2v) is 5.93. The zero-order valence-corrected chi connectivity index (χ0v) is 13.1. The SMILES string of the molecule is COc1ccc(OC)c(S(=O)c2ccc(C)cc2)c1CO. The van der Waals surface area contributed by atoms with Crippen molar-refractivity contribution in [3.63, 3.8) is 0 Å². The molecule has 0 spiro atoms. The Labute approximate surface area is 126 Å². The summed E-state index contributed by atoms with van der Waals surface area (Å²) in [4.78, 5) is 1.10. The van der Waals surface area contributed by atoms with Gasteiger partial charge in [0.1, 0.15) is 11.5 Å². The van der Waals surface area contributed by atoms with Gasteiger partial charge in [0, 0.05) is 10.5 Å². The summed E-state index contributed by atoms with van der Waals surface area (Å²) in [5, 5.41) is 9.62. The summed E-state index contributed by atoms with van der Waals surface area (Å²) in [6.07, 6.45) is 0. The Balaban J connectivity index is 2.60. The van der Waals surface area contributed by atoms with E-state index >= 15 is 0 Å². The fourth-order valence-electron chi connectivity index (χ4n) is 2.07. The number of aliphatic hydroxyl groups excluding tert-OH is 1. The molecule has 1 unspecified atom stereocenters. The number of benzene rings is 2. The molecule has 0 amide bonds. The molecular weight excluding hydrogens is 288 g/mol. The van der Waals surface area contributed by atoms with Gasteiger partial charge in [-0.15, -0.1) is 0 Å². The van der Waals surface area contributed by atoms with Crippen molar-refractivity contribution in [1.29, 1.82) is 0 Å². The molecule has 1 N–H and O–H groups in total. The molecule has 0 saturated carbocycles. The van der Waals surface area contributed by atoms with Crippen molar-refractivity contribution in [2.45, 2.75) is 23.3 Å². The van der Waals surface area contributed by atoms with Crippen LogP contribution < -0.4 is 9.47 Å². The summed E-state index contributed by atoms with van der Waals surface area (Å²) in [5.74, 6) is 0.965. The van der Waals surface area contributed by atoms with E-state index in [4.69, 9.17) is 9.47 Å². The number of methoxy groups -OCH3 is 2. The molecule has 2 aromatic carbocycles. The van der Waals surface area contributed by atoms with Gasteiger partial charge in [0.05, 0.1) is 36.5 Å². The van der Waals surface area contributed by atoms with Gasteiger partial charge in [-0.2, -0.15) is 0 Å². The molecule has 0 heterocycles. The normalized spacial score (nSPS) is 12.0. The lowest BCUT2D eigenvalue weighted by Gasteiger charge is -2.15. The second kappa shape index (κ2) is 6.74. The lowest BCUT2D eigenvalue weighted by molar-refractivity contribution is 0.268. The summed E-state index contributed by atoms with van der Waals surface area (Å²) in [6, 6.07) is 10.8. The second-order valence-electron chi connectivity index (χ2n) is 4.52. The molecule has 4 nitrogen and oxygen atoms in total. The number of ether oxygens (including phenoxy) is 2. The Morgan fingerprint density at radius 1 is 1.00 bits per heavy atom. The lowest BCUT2D eigenvalue weighted by atomic mass is 10.2. The average Bonchev–Trinajstić information content (AvgIpc) is 2.53. The molecule has 0 aliphatic carbocycles. The third-order valence-electron chi connectivity index (χ3n) is 3.20. The van der Waals surface area contributed by atoms with E-state index in [9.17, 15) is 9.32 Å². The number of rotatable bonds is 5. The molecule has 0 aliphatic heterocycles. The van der Waals surface area contributed by atoms with E-state index in [2.05, 4.69) is 0 Å². The summed E-state index contributed by atoms with van der Waals surface area (Å²) in [7, 11) is 1.57. The Morgan fingerprint density at radius 2 is 1.57 bits per heavy atom. The largest absolute Gasteiger partial charge is 0.496 e. The molecule has 2 rings (SSSR count). The van der Waals surface area contributed by atoms with E-state index in [1.807, 2.05) is 31.2 Å². The minimum atomic E-state index is -1.45. The van der Waals surface area contributed by atoms with Crippen molar-refractivity contribution in [3.05, 3.63) is 47.5 Å². The van der Waals surface area contributed by atoms with Crippen molar-refractivity contribution < 1.29 is 18.8 Å². The van der Waals surface area contributed by atoms with Crippen LogP contribution in [0.2, 0.25) is 0 Å². The molecule has 0 aromatic heterocycles. The van der Waals surface area contributed by atoms with Crippen LogP contribution in [0.4, 0.5) is 0 Å². The highest BCUT2D eigenvalue weighted by Crippen LogP contribution is 2.35. The number of hydrogen-bond donors (Lipinski definition) is 1. The number of aliphatic hydroxyl groups is 1. The van der Waals surface area contributed by atoms with Crippen LogP contribution in [0.3, 0.4) is 0 Å². The van der Waals surface area contributed by atoms with Crippen LogP contribution in [0.5, 0.6) is 11.5 Å². The minimum Gasteiger partial charge on any atom is -0.496 e. The zero-order chi connectivity index (χ0) is 15.4. The van der Waals surface area contributed by atoms with Crippen LogP contribution in [-0.2, 0) is 17.4 Å². The third kappa shape index (κ3) is 3.09. The molecule has 21 heavy (non-hydrogen) atoms. The maximum Gasteiger partial charge on any atom is 0.136 e. The molecule has 0 aliphatic rings. The van der Waals surface area contributed by atoms with Crippen LogP contribution in [0.25, 0.3) is 0 Å². The van der Waals surface area contributed by atoms with Gasteiger partial charge in [0.2, 0.25) is 0 Å². The van der Waals surface area contributed by atoms with Crippen molar-refractivity contribution in [3.8, 4) is 11.5 Å². The predicted octanol–water partition coefficient (Wildman–Crippen LogP) is 2.67. The summed E-state index contributed by atoms with van der Waals surface area (Å²) in [6.45, 7) is 1.70. The quantitative estimate of drug-likeness (QED) is 0.922. The molecule has 0 fully saturated rings. The standard InChI is InChI=1S/C16H18O4S/c1-11-4-6-12(7-5-11)21(18)16-13(10-17)14(19-2)8-9-15(16)20-3/h4-9,17H,10H2,1-3H3. The maximum atomic E-state index is 12.8. The fourth-order valence-corrected chi connectivity index (χ4v) is 3.41. The van der Waals surface area contributed by atoms with E-state index in [0.717, 1.165) is 5.56 Å². The van der Waals surface area contributed by atoms with E-state index in [1.165, 1.54) is 14.2 Å². The molecule has 1 atom stereocenters. The van der Waals surface area contributed by atoms with Crippen LogP contribution >= 0.6 is 0 Å².